The van der Waals surface area contributed by atoms with Gasteiger partial charge in [0.2, 0.25) is 0 Å². The normalized spacial score (nSPS) is 11.2. The van der Waals surface area contributed by atoms with E-state index in [4.69, 9.17) is 13.9 Å². The predicted molar refractivity (Wildman–Crippen MR) is 99.1 cm³/mol. The Kier molecular flexibility index (Phi) is 3.88. The van der Waals surface area contributed by atoms with Crippen LogP contribution in [-0.2, 0) is 13.5 Å². The minimum Gasteiger partial charge on any atom is -0.493 e. The fourth-order valence-electron chi connectivity index (χ4n) is 3.21. The molecule has 26 heavy (non-hydrogen) atoms. The van der Waals surface area contributed by atoms with Crippen molar-refractivity contribution in [2.45, 2.75) is 6.42 Å². The van der Waals surface area contributed by atoms with Crippen molar-refractivity contribution in [3.63, 3.8) is 0 Å². The summed E-state index contributed by atoms with van der Waals surface area (Å²) in [5.41, 5.74) is 3.46. The van der Waals surface area contributed by atoms with Crippen molar-refractivity contribution in [3.8, 4) is 11.5 Å². The van der Waals surface area contributed by atoms with E-state index in [-0.39, 0.29) is 5.76 Å². The van der Waals surface area contributed by atoms with Crippen LogP contribution in [0.25, 0.3) is 21.9 Å². The third-order valence-electron chi connectivity index (χ3n) is 4.60. The Morgan fingerprint density at radius 1 is 1.08 bits per heavy atom. The molecule has 2 aromatic carbocycles. The lowest BCUT2D eigenvalue weighted by atomic mass is 10.00. The molecule has 0 aliphatic rings. The van der Waals surface area contributed by atoms with Gasteiger partial charge in [-0.25, -0.2) is 4.79 Å². The van der Waals surface area contributed by atoms with Crippen molar-refractivity contribution in [1.82, 2.24) is 9.55 Å². The molecule has 4 aromatic rings. The van der Waals surface area contributed by atoms with E-state index in [2.05, 4.69) is 4.98 Å². The molecule has 4 rings (SSSR count). The Labute approximate surface area is 149 Å². The van der Waals surface area contributed by atoms with Crippen molar-refractivity contribution >= 4 is 21.9 Å². The predicted octanol–water partition coefficient (Wildman–Crippen LogP) is 3.29. The quantitative estimate of drug-likeness (QED) is 0.565. The molecular weight excluding hydrogens is 332 g/mol. The van der Waals surface area contributed by atoms with Gasteiger partial charge in [-0.3, -0.25) is 9.55 Å². The molecule has 0 atom stereocenters. The van der Waals surface area contributed by atoms with Crippen LogP contribution in [-0.4, -0.2) is 23.8 Å². The average molecular weight is 350 g/mol. The largest absolute Gasteiger partial charge is 0.493 e. The third kappa shape index (κ3) is 2.60. The van der Waals surface area contributed by atoms with E-state index in [9.17, 15) is 4.79 Å². The topological polar surface area (TPSA) is 66.5 Å². The lowest BCUT2D eigenvalue weighted by molar-refractivity contribution is 0.356. The van der Waals surface area contributed by atoms with Gasteiger partial charge in [0.05, 0.1) is 19.7 Å². The SMILES string of the molecule is COc1cc2cncc(Cc3ccc4c(c3)oc(=O)n4C)c2cc1OC. The maximum absolute atomic E-state index is 11.7. The summed E-state index contributed by atoms with van der Waals surface area (Å²) in [5, 5.41) is 2.03. The molecule has 0 saturated heterocycles. The van der Waals surface area contributed by atoms with Gasteiger partial charge < -0.3 is 13.9 Å². The van der Waals surface area contributed by atoms with Gasteiger partial charge in [-0.05, 0) is 47.2 Å². The van der Waals surface area contributed by atoms with E-state index in [1.54, 1.807) is 27.5 Å². The summed E-state index contributed by atoms with van der Waals surface area (Å²) in [6.45, 7) is 0. The van der Waals surface area contributed by atoms with Crippen LogP contribution in [0.5, 0.6) is 11.5 Å². The Hall–Kier alpha value is -3.28. The van der Waals surface area contributed by atoms with Crippen molar-refractivity contribution in [2.75, 3.05) is 14.2 Å². The molecule has 0 amide bonds. The van der Waals surface area contributed by atoms with Crippen LogP contribution < -0.4 is 15.2 Å². The highest BCUT2D eigenvalue weighted by Crippen LogP contribution is 2.33. The molecule has 6 heteroatoms. The molecule has 0 spiro atoms. The first kappa shape index (κ1) is 16.2. The first-order valence-corrected chi connectivity index (χ1v) is 8.18. The molecule has 0 bridgehead atoms. The first-order chi connectivity index (χ1) is 12.6. The summed E-state index contributed by atoms with van der Waals surface area (Å²) in [6.07, 6.45) is 4.31. The number of hydrogen-bond acceptors (Lipinski definition) is 5. The second-order valence-electron chi connectivity index (χ2n) is 6.13. The van der Waals surface area contributed by atoms with Crippen LogP contribution in [0, 0.1) is 0 Å². The summed E-state index contributed by atoms with van der Waals surface area (Å²) >= 11 is 0. The van der Waals surface area contributed by atoms with E-state index >= 15 is 0 Å². The van der Waals surface area contributed by atoms with Gasteiger partial charge in [0.1, 0.15) is 0 Å². The molecular formula is C20H18N2O4. The lowest BCUT2D eigenvalue weighted by Crippen LogP contribution is -2.08. The van der Waals surface area contributed by atoms with E-state index in [0.29, 0.717) is 23.5 Å². The zero-order valence-corrected chi connectivity index (χ0v) is 14.8. The average Bonchev–Trinajstić information content (AvgIpc) is 2.94. The molecule has 2 aromatic heterocycles. The monoisotopic (exact) mass is 350 g/mol. The number of methoxy groups -OCH3 is 2. The number of nitrogens with zero attached hydrogens (tertiary/aromatic N) is 2. The second kappa shape index (κ2) is 6.22. The highest BCUT2D eigenvalue weighted by molar-refractivity contribution is 5.88. The van der Waals surface area contributed by atoms with Crippen molar-refractivity contribution < 1.29 is 13.9 Å². The van der Waals surface area contributed by atoms with Crippen molar-refractivity contribution in [1.29, 1.82) is 0 Å². The molecule has 0 N–H and O–H groups in total. The fraction of sp³-hybridized carbons (Fsp3) is 0.200. The van der Waals surface area contributed by atoms with E-state index in [1.807, 2.05) is 36.5 Å². The van der Waals surface area contributed by atoms with Gasteiger partial charge in [-0.1, -0.05) is 6.07 Å². The second-order valence-corrected chi connectivity index (χ2v) is 6.13. The van der Waals surface area contributed by atoms with Crippen LogP contribution in [0.4, 0.5) is 0 Å². The fourth-order valence-corrected chi connectivity index (χ4v) is 3.21. The summed E-state index contributed by atoms with van der Waals surface area (Å²) < 4.78 is 17.6. The van der Waals surface area contributed by atoms with Gasteiger partial charge in [-0.2, -0.15) is 0 Å². The number of rotatable bonds is 4. The van der Waals surface area contributed by atoms with E-state index in [1.165, 1.54) is 4.57 Å². The highest BCUT2D eigenvalue weighted by Gasteiger charge is 2.11. The molecule has 0 aliphatic carbocycles. The Bertz CT molecular complexity index is 1170. The van der Waals surface area contributed by atoms with Gasteiger partial charge in [0.15, 0.2) is 17.1 Å². The third-order valence-corrected chi connectivity index (χ3v) is 4.60. The molecule has 6 nitrogen and oxygen atoms in total. The minimum atomic E-state index is -0.360. The van der Waals surface area contributed by atoms with Crippen LogP contribution in [0.1, 0.15) is 11.1 Å². The minimum absolute atomic E-state index is 0.360. The molecule has 0 radical (unpaired) electrons. The molecule has 0 aliphatic heterocycles. The van der Waals surface area contributed by atoms with Crippen LogP contribution in [0.3, 0.4) is 0 Å². The Balaban J connectivity index is 1.80. The summed E-state index contributed by atoms with van der Waals surface area (Å²) in [7, 11) is 4.93. The molecule has 132 valence electrons. The van der Waals surface area contributed by atoms with Crippen molar-refractivity contribution in [3.05, 3.63) is 64.4 Å². The number of aromatic nitrogens is 2. The highest BCUT2D eigenvalue weighted by atomic mass is 16.5. The van der Waals surface area contributed by atoms with Gasteiger partial charge in [0, 0.05) is 24.8 Å². The lowest BCUT2D eigenvalue weighted by Gasteiger charge is -2.12. The number of ether oxygens (including phenoxy) is 2. The Morgan fingerprint density at radius 2 is 1.85 bits per heavy atom. The number of pyridine rings is 1. The zero-order valence-electron chi connectivity index (χ0n) is 14.8. The molecule has 0 unspecified atom stereocenters. The number of hydrogen-bond donors (Lipinski definition) is 0. The van der Waals surface area contributed by atoms with Crippen LogP contribution >= 0.6 is 0 Å². The maximum Gasteiger partial charge on any atom is 0.419 e. The van der Waals surface area contributed by atoms with Gasteiger partial charge >= 0.3 is 5.76 Å². The first-order valence-electron chi connectivity index (χ1n) is 8.18. The summed E-state index contributed by atoms with van der Waals surface area (Å²) in [5.74, 6) is 0.990. The van der Waals surface area contributed by atoms with E-state index < -0.39 is 0 Å². The summed E-state index contributed by atoms with van der Waals surface area (Å²) in [6, 6.07) is 9.68. The number of fused-ring (bicyclic) bond motifs is 2. The Morgan fingerprint density at radius 3 is 2.62 bits per heavy atom. The smallest absolute Gasteiger partial charge is 0.419 e. The number of oxazole rings is 1. The van der Waals surface area contributed by atoms with Crippen molar-refractivity contribution in [2.24, 2.45) is 7.05 Å². The van der Waals surface area contributed by atoms with Crippen LogP contribution in [0.2, 0.25) is 0 Å². The van der Waals surface area contributed by atoms with Gasteiger partial charge in [0.25, 0.3) is 0 Å². The molecule has 0 saturated carbocycles. The number of benzene rings is 2. The molecule has 0 fully saturated rings. The summed E-state index contributed by atoms with van der Waals surface area (Å²) in [4.78, 5) is 16.0. The van der Waals surface area contributed by atoms with Gasteiger partial charge in [-0.15, -0.1) is 0 Å². The van der Waals surface area contributed by atoms with E-state index in [0.717, 1.165) is 27.4 Å². The molecule has 2 heterocycles. The standard InChI is InChI=1S/C20H18N2O4/c1-22-16-5-4-12(7-17(16)26-20(22)23)6-13-10-21-11-14-8-18(24-2)19(25-3)9-15(13)14/h4-5,7-11H,6H2,1-3H3. The maximum atomic E-state index is 11.7. The number of aryl methyl sites for hydroxylation is 1. The van der Waals surface area contributed by atoms with Crippen LogP contribution in [0.15, 0.2) is 51.9 Å². The zero-order chi connectivity index (χ0) is 18.3.